The van der Waals surface area contributed by atoms with Crippen LogP contribution >= 0.6 is 0 Å². The van der Waals surface area contributed by atoms with Gasteiger partial charge >= 0.3 is 5.97 Å². The molecule has 21 heavy (non-hydrogen) atoms. The second-order valence-electron chi connectivity index (χ2n) is 5.39. The van der Waals surface area contributed by atoms with E-state index in [1.165, 1.54) is 0 Å². The Morgan fingerprint density at radius 3 is 2.86 bits per heavy atom. The summed E-state index contributed by atoms with van der Waals surface area (Å²) in [5.74, 6) is 0.0410. The van der Waals surface area contributed by atoms with Crippen LogP contribution in [0, 0.1) is 5.92 Å². The Kier molecular flexibility index (Phi) is 5.20. The molecule has 1 aliphatic heterocycles. The van der Waals surface area contributed by atoms with Gasteiger partial charge in [-0.3, -0.25) is 9.59 Å². The van der Waals surface area contributed by atoms with Crippen LogP contribution in [0.1, 0.15) is 36.0 Å². The van der Waals surface area contributed by atoms with Gasteiger partial charge in [-0.05, 0) is 37.3 Å². The number of nitrogens with zero attached hydrogens (tertiary/aromatic N) is 1. The molecule has 1 amide bonds. The maximum absolute atomic E-state index is 12.6. The first-order valence-electron chi connectivity index (χ1n) is 7.26. The summed E-state index contributed by atoms with van der Waals surface area (Å²) in [6, 6.07) is 7.20. The van der Waals surface area contributed by atoms with Crippen molar-refractivity contribution in [3.63, 3.8) is 0 Å². The van der Waals surface area contributed by atoms with Gasteiger partial charge in [-0.15, -0.1) is 0 Å². The van der Waals surface area contributed by atoms with Crippen LogP contribution in [0.3, 0.4) is 0 Å². The van der Waals surface area contributed by atoms with E-state index in [0.29, 0.717) is 24.3 Å². The lowest BCUT2D eigenvalue weighted by Gasteiger charge is -2.33. The largest absolute Gasteiger partial charge is 0.496 e. The van der Waals surface area contributed by atoms with Crippen molar-refractivity contribution in [2.75, 3.05) is 20.2 Å². The topological polar surface area (TPSA) is 66.8 Å². The first-order valence-corrected chi connectivity index (χ1v) is 7.26. The summed E-state index contributed by atoms with van der Waals surface area (Å²) in [5, 5.41) is 8.77. The number of amides is 1. The molecule has 1 unspecified atom stereocenters. The van der Waals surface area contributed by atoms with Gasteiger partial charge in [-0.1, -0.05) is 12.1 Å². The van der Waals surface area contributed by atoms with Gasteiger partial charge in [-0.25, -0.2) is 0 Å². The number of carbonyl (C=O) groups is 2. The summed E-state index contributed by atoms with van der Waals surface area (Å²) in [7, 11) is 1.55. The summed E-state index contributed by atoms with van der Waals surface area (Å²) in [5.41, 5.74) is 0.568. The van der Waals surface area contributed by atoms with Crippen LogP contribution in [0.2, 0.25) is 0 Å². The highest BCUT2D eigenvalue weighted by Crippen LogP contribution is 2.25. The fraction of sp³-hybridized carbons (Fsp3) is 0.500. The first-order chi connectivity index (χ1) is 10.1. The van der Waals surface area contributed by atoms with Gasteiger partial charge in [0.15, 0.2) is 0 Å². The quantitative estimate of drug-likeness (QED) is 0.904. The number of para-hydroxylation sites is 1. The van der Waals surface area contributed by atoms with Crippen LogP contribution in [0.4, 0.5) is 0 Å². The number of ether oxygens (including phenoxy) is 1. The van der Waals surface area contributed by atoms with Gasteiger partial charge in [0.1, 0.15) is 5.75 Å². The minimum atomic E-state index is -0.775. The molecule has 1 heterocycles. The maximum Gasteiger partial charge on any atom is 0.303 e. The predicted molar refractivity (Wildman–Crippen MR) is 78.5 cm³/mol. The molecule has 1 saturated heterocycles. The third-order valence-corrected chi connectivity index (χ3v) is 3.91. The van der Waals surface area contributed by atoms with Gasteiger partial charge < -0.3 is 14.7 Å². The number of carboxylic acid groups (broad SMARTS) is 1. The number of hydrogen-bond donors (Lipinski definition) is 1. The maximum atomic E-state index is 12.6. The molecule has 0 radical (unpaired) electrons. The van der Waals surface area contributed by atoms with Crippen molar-refractivity contribution in [1.29, 1.82) is 0 Å². The Morgan fingerprint density at radius 2 is 2.14 bits per heavy atom. The van der Waals surface area contributed by atoms with Crippen molar-refractivity contribution >= 4 is 11.9 Å². The molecule has 0 aliphatic carbocycles. The third kappa shape index (κ3) is 3.97. The monoisotopic (exact) mass is 291 g/mol. The van der Waals surface area contributed by atoms with Crippen LogP contribution in [-0.2, 0) is 4.79 Å². The molecular formula is C16H21NO4. The van der Waals surface area contributed by atoms with Crippen LogP contribution in [-0.4, -0.2) is 42.1 Å². The number of carbonyl (C=O) groups excluding carboxylic acids is 1. The molecule has 2 rings (SSSR count). The zero-order chi connectivity index (χ0) is 15.2. The number of piperidine rings is 1. The minimum Gasteiger partial charge on any atom is -0.496 e. The van der Waals surface area contributed by atoms with Crippen LogP contribution < -0.4 is 4.74 Å². The van der Waals surface area contributed by atoms with E-state index in [2.05, 4.69) is 0 Å². The lowest BCUT2D eigenvalue weighted by Crippen LogP contribution is -2.40. The average Bonchev–Trinajstić information content (AvgIpc) is 2.52. The molecular weight excluding hydrogens is 270 g/mol. The second-order valence-corrected chi connectivity index (χ2v) is 5.39. The molecule has 0 aromatic heterocycles. The van der Waals surface area contributed by atoms with Crippen molar-refractivity contribution in [3.8, 4) is 5.75 Å². The Bertz CT molecular complexity index is 515. The number of benzene rings is 1. The Labute approximate surface area is 124 Å². The summed E-state index contributed by atoms with van der Waals surface area (Å²) in [6.07, 6.45) is 2.71. The van der Waals surface area contributed by atoms with E-state index in [9.17, 15) is 9.59 Å². The smallest absolute Gasteiger partial charge is 0.303 e. The molecule has 1 aliphatic rings. The van der Waals surface area contributed by atoms with E-state index in [0.717, 1.165) is 19.4 Å². The molecule has 1 fully saturated rings. The predicted octanol–water partition coefficient (Wildman–Crippen LogP) is 2.41. The molecule has 1 atom stereocenters. The van der Waals surface area contributed by atoms with Gasteiger partial charge in [0.2, 0.25) is 0 Å². The Hall–Kier alpha value is -2.04. The third-order valence-electron chi connectivity index (χ3n) is 3.91. The molecule has 1 N–H and O–H groups in total. The summed E-state index contributed by atoms with van der Waals surface area (Å²) < 4.78 is 5.24. The highest BCUT2D eigenvalue weighted by Gasteiger charge is 2.26. The van der Waals surface area contributed by atoms with Crippen LogP contribution in [0.25, 0.3) is 0 Å². The normalized spacial score (nSPS) is 18.3. The van der Waals surface area contributed by atoms with Crippen molar-refractivity contribution in [2.45, 2.75) is 25.7 Å². The van der Waals surface area contributed by atoms with E-state index in [1.54, 1.807) is 19.2 Å². The molecule has 1 aromatic rings. The zero-order valence-electron chi connectivity index (χ0n) is 12.2. The highest BCUT2D eigenvalue weighted by atomic mass is 16.5. The standard InChI is InChI=1S/C16H21NO4/c1-21-14-7-3-2-6-13(14)16(20)17-10-4-5-12(11-17)8-9-15(18)19/h2-3,6-7,12H,4-5,8-11H2,1H3,(H,18,19). The molecule has 5 heteroatoms. The van der Waals surface area contributed by atoms with Gasteiger partial charge in [-0.2, -0.15) is 0 Å². The number of methoxy groups -OCH3 is 1. The second kappa shape index (κ2) is 7.11. The van der Waals surface area contributed by atoms with Crippen molar-refractivity contribution < 1.29 is 19.4 Å². The molecule has 0 saturated carbocycles. The van der Waals surface area contributed by atoms with E-state index in [4.69, 9.17) is 9.84 Å². The van der Waals surface area contributed by atoms with E-state index in [1.807, 2.05) is 17.0 Å². The van der Waals surface area contributed by atoms with Gasteiger partial charge in [0.25, 0.3) is 5.91 Å². The number of rotatable bonds is 5. The summed E-state index contributed by atoms with van der Waals surface area (Å²) in [6.45, 7) is 1.35. The Balaban J connectivity index is 2.03. The van der Waals surface area contributed by atoms with E-state index >= 15 is 0 Å². The molecule has 1 aromatic carbocycles. The number of carboxylic acids is 1. The molecule has 114 valence electrons. The summed E-state index contributed by atoms with van der Waals surface area (Å²) >= 11 is 0. The number of likely N-dealkylation sites (tertiary alicyclic amines) is 1. The number of hydrogen-bond acceptors (Lipinski definition) is 3. The Morgan fingerprint density at radius 1 is 1.38 bits per heavy atom. The van der Waals surface area contributed by atoms with Crippen molar-refractivity contribution in [1.82, 2.24) is 4.90 Å². The molecule has 5 nitrogen and oxygen atoms in total. The average molecular weight is 291 g/mol. The van der Waals surface area contributed by atoms with Gasteiger partial charge in [0, 0.05) is 19.5 Å². The SMILES string of the molecule is COc1ccccc1C(=O)N1CCCC(CCC(=O)O)C1. The minimum absolute atomic E-state index is 0.0347. The highest BCUT2D eigenvalue weighted by molar-refractivity contribution is 5.97. The number of aliphatic carboxylic acids is 1. The van der Waals surface area contributed by atoms with Gasteiger partial charge in [0.05, 0.1) is 12.7 Å². The fourth-order valence-corrected chi connectivity index (χ4v) is 2.80. The first kappa shape index (κ1) is 15.4. The van der Waals surface area contributed by atoms with E-state index in [-0.39, 0.29) is 18.2 Å². The molecule has 0 bridgehead atoms. The van der Waals surface area contributed by atoms with Crippen LogP contribution in [0.5, 0.6) is 5.75 Å². The van der Waals surface area contributed by atoms with Crippen LogP contribution in [0.15, 0.2) is 24.3 Å². The fourth-order valence-electron chi connectivity index (χ4n) is 2.80. The lowest BCUT2D eigenvalue weighted by atomic mass is 9.93. The molecule has 0 spiro atoms. The van der Waals surface area contributed by atoms with Crippen molar-refractivity contribution in [2.24, 2.45) is 5.92 Å². The lowest BCUT2D eigenvalue weighted by molar-refractivity contribution is -0.137. The van der Waals surface area contributed by atoms with Crippen molar-refractivity contribution in [3.05, 3.63) is 29.8 Å². The van der Waals surface area contributed by atoms with E-state index < -0.39 is 5.97 Å². The summed E-state index contributed by atoms with van der Waals surface area (Å²) in [4.78, 5) is 25.1. The zero-order valence-corrected chi connectivity index (χ0v) is 12.2.